The van der Waals surface area contributed by atoms with E-state index in [1.807, 2.05) is 12.1 Å². The fourth-order valence-corrected chi connectivity index (χ4v) is 1.50. The van der Waals surface area contributed by atoms with Crippen LogP contribution in [0.2, 0.25) is 0 Å². The summed E-state index contributed by atoms with van der Waals surface area (Å²) in [4.78, 5) is 11.1. The van der Waals surface area contributed by atoms with Gasteiger partial charge in [0, 0.05) is 17.8 Å². The number of benzene rings is 2. The Kier molecular flexibility index (Phi) is 2.64. The number of hydrogen-bond acceptors (Lipinski definition) is 3. The molecule has 0 fully saturated rings. The molecule has 0 aliphatic rings. The summed E-state index contributed by atoms with van der Waals surface area (Å²) in [6.07, 6.45) is -0.532. The molecule has 2 rings (SSSR count). The lowest BCUT2D eigenvalue weighted by atomic mass is 10.1. The summed E-state index contributed by atoms with van der Waals surface area (Å²) in [6.45, 7) is 0. The average Bonchev–Trinajstić information content (AvgIpc) is 2.33. The fourth-order valence-electron chi connectivity index (χ4n) is 1.50. The predicted octanol–water partition coefficient (Wildman–Crippen LogP) is 2.26. The van der Waals surface area contributed by atoms with Crippen LogP contribution in [0.25, 0.3) is 10.8 Å². The van der Waals surface area contributed by atoms with Crippen molar-refractivity contribution in [3.63, 3.8) is 0 Å². The Balaban J connectivity index is 2.54. The van der Waals surface area contributed by atoms with Crippen LogP contribution in [0, 0.1) is 0 Å². The minimum Gasteiger partial charge on any atom is -0.507 e. The first-order chi connectivity index (χ1) is 7.72. The van der Waals surface area contributed by atoms with E-state index < -0.39 is 6.09 Å². The first-order valence-corrected chi connectivity index (χ1v) is 4.82. The Morgan fingerprint density at radius 3 is 2.56 bits per heavy atom. The summed E-state index contributed by atoms with van der Waals surface area (Å²) in [5.41, 5.74) is 0. The van der Waals surface area contributed by atoms with E-state index in [9.17, 15) is 9.90 Å². The minimum atomic E-state index is -0.532. The Bertz CT molecular complexity index is 537. The SMILES string of the molecule is CNC(=O)Oc1ccc(O)c2ccccc12. The van der Waals surface area contributed by atoms with Gasteiger partial charge in [-0.25, -0.2) is 4.79 Å². The van der Waals surface area contributed by atoms with Crippen LogP contribution in [-0.4, -0.2) is 18.2 Å². The molecular formula is C12H11NO3. The molecule has 1 amide bonds. The summed E-state index contributed by atoms with van der Waals surface area (Å²) < 4.78 is 5.07. The van der Waals surface area contributed by atoms with Gasteiger partial charge in [-0.05, 0) is 12.1 Å². The molecule has 0 spiro atoms. The zero-order chi connectivity index (χ0) is 11.5. The molecule has 0 heterocycles. The van der Waals surface area contributed by atoms with E-state index in [1.54, 1.807) is 18.2 Å². The largest absolute Gasteiger partial charge is 0.507 e. The van der Waals surface area contributed by atoms with E-state index in [0.29, 0.717) is 16.5 Å². The van der Waals surface area contributed by atoms with Crippen molar-refractivity contribution in [1.29, 1.82) is 0 Å². The minimum absolute atomic E-state index is 0.167. The highest BCUT2D eigenvalue weighted by Crippen LogP contribution is 2.32. The third-order valence-electron chi connectivity index (χ3n) is 2.27. The van der Waals surface area contributed by atoms with Crippen molar-refractivity contribution in [2.45, 2.75) is 0 Å². The van der Waals surface area contributed by atoms with Crippen molar-refractivity contribution in [3.8, 4) is 11.5 Å². The third kappa shape index (κ3) is 1.77. The van der Waals surface area contributed by atoms with E-state index in [4.69, 9.17) is 4.74 Å². The maximum absolute atomic E-state index is 11.1. The highest BCUT2D eigenvalue weighted by molar-refractivity contribution is 5.94. The number of carbonyl (C=O) groups excluding carboxylic acids is 1. The second-order valence-corrected chi connectivity index (χ2v) is 3.27. The van der Waals surface area contributed by atoms with Crippen molar-refractivity contribution >= 4 is 16.9 Å². The lowest BCUT2D eigenvalue weighted by molar-refractivity contribution is 0.203. The van der Waals surface area contributed by atoms with Crippen LogP contribution in [-0.2, 0) is 0 Å². The lowest BCUT2D eigenvalue weighted by Crippen LogP contribution is -2.22. The molecule has 0 saturated carbocycles. The number of phenolic OH excluding ortho intramolecular Hbond substituents is 1. The highest BCUT2D eigenvalue weighted by atomic mass is 16.6. The Morgan fingerprint density at radius 1 is 1.19 bits per heavy atom. The fraction of sp³-hybridized carbons (Fsp3) is 0.0833. The van der Waals surface area contributed by atoms with Gasteiger partial charge in [-0.15, -0.1) is 0 Å². The number of hydrogen-bond donors (Lipinski definition) is 2. The van der Waals surface area contributed by atoms with Gasteiger partial charge in [0.15, 0.2) is 0 Å². The van der Waals surface area contributed by atoms with Gasteiger partial charge in [0.25, 0.3) is 0 Å². The molecule has 4 nitrogen and oxygen atoms in total. The normalized spacial score (nSPS) is 10.1. The molecule has 2 aromatic rings. The first kappa shape index (κ1) is 10.3. The Labute approximate surface area is 92.5 Å². The second-order valence-electron chi connectivity index (χ2n) is 3.27. The van der Waals surface area contributed by atoms with Gasteiger partial charge in [0.05, 0.1) is 0 Å². The van der Waals surface area contributed by atoms with Crippen LogP contribution in [0.4, 0.5) is 4.79 Å². The van der Waals surface area contributed by atoms with E-state index in [2.05, 4.69) is 5.32 Å². The summed E-state index contributed by atoms with van der Waals surface area (Å²) in [6, 6.07) is 10.2. The van der Waals surface area contributed by atoms with Crippen LogP contribution in [0.1, 0.15) is 0 Å². The molecule has 0 saturated heterocycles. The van der Waals surface area contributed by atoms with Gasteiger partial charge >= 0.3 is 6.09 Å². The summed E-state index contributed by atoms with van der Waals surface area (Å²) in [7, 11) is 1.49. The summed E-state index contributed by atoms with van der Waals surface area (Å²) in [5, 5.41) is 13.4. The molecule has 0 atom stereocenters. The van der Waals surface area contributed by atoms with E-state index >= 15 is 0 Å². The van der Waals surface area contributed by atoms with E-state index in [-0.39, 0.29) is 5.75 Å². The van der Waals surface area contributed by atoms with Crippen LogP contribution in [0.3, 0.4) is 0 Å². The third-order valence-corrected chi connectivity index (χ3v) is 2.27. The van der Waals surface area contributed by atoms with E-state index in [0.717, 1.165) is 0 Å². The van der Waals surface area contributed by atoms with Gasteiger partial charge in [0.2, 0.25) is 0 Å². The summed E-state index contributed by atoms with van der Waals surface area (Å²) >= 11 is 0. The molecule has 0 radical (unpaired) electrons. The molecule has 16 heavy (non-hydrogen) atoms. The van der Waals surface area contributed by atoms with Gasteiger partial charge in [-0.1, -0.05) is 24.3 Å². The number of ether oxygens (including phenoxy) is 1. The van der Waals surface area contributed by atoms with E-state index in [1.165, 1.54) is 13.1 Å². The van der Waals surface area contributed by atoms with Gasteiger partial charge in [-0.2, -0.15) is 0 Å². The van der Waals surface area contributed by atoms with Gasteiger partial charge < -0.3 is 15.2 Å². The van der Waals surface area contributed by atoms with Crippen LogP contribution in [0.15, 0.2) is 36.4 Å². The van der Waals surface area contributed by atoms with Crippen molar-refractivity contribution in [2.75, 3.05) is 7.05 Å². The standard InChI is InChI=1S/C12H11NO3/c1-13-12(15)16-11-7-6-10(14)8-4-2-3-5-9(8)11/h2-7,14H,1H3,(H,13,15). The molecule has 0 aliphatic heterocycles. The lowest BCUT2D eigenvalue weighted by Gasteiger charge is -2.08. The van der Waals surface area contributed by atoms with Gasteiger partial charge in [-0.3, -0.25) is 0 Å². The average molecular weight is 217 g/mol. The van der Waals surface area contributed by atoms with Crippen LogP contribution >= 0.6 is 0 Å². The number of nitrogens with one attached hydrogen (secondary N) is 1. The maximum Gasteiger partial charge on any atom is 0.412 e. The Morgan fingerprint density at radius 2 is 1.88 bits per heavy atom. The molecule has 82 valence electrons. The summed E-state index contributed by atoms with van der Waals surface area (Å²) in [5.74, 6) is 0.590. The maximum atomic E-state index is 11.1. The van der Waals surface area contributed by atoms with Crippen molar-refractivity contribution in [3.05, 3.63) is 36.4 Å². The molecule has 4 heteroatoms. The highest BCUT2D eigenvalue weighted by Gasteiger charge is 2.08. The quantitative estimate of drug-likeness (QED) is 0.770. The molecular weight excluding hydrogens is 206 g/mol. The number of fused-ring (bicyclic) bond motifs is 1. The Hall–Kier alpha value is -2.23. The van der Waals surface area contributed by atoms with Crippen molar-refractivity contribution in [2.24, 2.45) is 0 Å². The monoisotopic (exact) mass is 217 g/mol. The molecule has 0 aliphatic carbocycles. The topological polar surface area (TPSA) is 58.6 Å². The van der Waals surface area contributed by atoms with Crippen molar-refractivity contribution in [1.82, 2.24) is 5.32 Å². The predicted molar refractivity (Wildman–Crippen MR) is 60.7 cm³/mol. The molecule has 2 aromatic carbocycles. The molecule has 2 N–H and O–H groups in total. The number of rotatable bonds is 1. The van der Waals surface area contributed by atoms with Crippen molar-refractivity contribution < 1.29 is 14.6 Å². The number of aromatic hydroxyl groups is 1. The van der Waals surface area contributed by atoms with Crippen LogP contribution < -0.4 is 10.1 Å². The first-order valence-electron chi connectivity index (χ1n) is 4.82. The van der Waals surface area contributed by atoms with Gasteiger partial charge in [0.1, 0.15) is 11.5 Å². The number of phenols is 1. The zero-order valence-electron chi connectivity index (χ0n) is 8.73. The van der Waals surface area contributed by atoms with Crippen LogP contribution in [0.5, 0.6) is 11.5 Å². The zero-order valence-corrected chi connectivity index (χ0v) is 8.73. The molecule has 0 unspecified atom stereocenters. The number of carbonyl (C=O) groups is 1. The molecule has 0 aromatic heterocycles. The second kappa shape index (κ2) is 4.10. The molecule has 0 bridgehead atoms. The number of amides is 1. The smallest absolute Gasteiger partial charge is 0.412 e.